The molecule has 0 radical (unpaired) electrons. The number of nitrogens with zero attached hydrogens (tertiary/aromatic N) is 3. The smallest absolute Gasteiger partial charge is 1.00 e. The van der Waals surface area contributed by atoms with E-state index in [1.165, 1.54) is 10.5 Å². The molecule has 20 heteroatoms. The van der Waals surface area contributed by atoms with E-state index in [9.17, 15) is 28.8 Å². The quantitative estimate of drug-likeness (QED) is 0.0780. The van der Waals surface area contributed by atoms with Gasteiger partial charge in [0.1, 0.15) is 22.3 Å². The number of halogens is 1. The molecule has 4 fully saturated rings. The number of imide groups is 2. The number of hydrogen-bond donors (Lipinski definition) is 3. The first-order valence-corrected chi connectivity index (χ1v) is 19.5. The fourth-order valence-electron chi connectivity index (χ4n) is 6.17. The fraction of sp³-hybridized carbons (Fsp3) is 0.513. The zero-order valence-corrected chi connectivity index (χ0v) is 43.0. The summed E-state index contributed by atoms with van der Waals surface area (Å²) in [5.74, 6) is -0.517. The first-order chi connectivity index (χ1) is 26.8. The van der Waals surface area contributed by atoms with Gasteiger partial charge < -0.3 is 41.5 Å². The van der Waals surface area contributed by atoms with E-state index in [-0.39, 0.29) is 147 Å². The van der Waals surface area contributed by atoms with E-state index < -0.39 is 28.3 Å². The molecule has 0 saturated carbocycles. The zero-order valence-electron chi connectivity index (χ0n) is 36.1. The molecular formula is C39H53BrK2N6O11. The second-order valence-electron chi connectivity index (χ2n) is 15.6. The molecule has 2 spiro atoms. The minimum Gasteiger partial charge on any atom is -1.00 e. The third kappa shape index (κ3) is 17.4. The van der Waals surface area contributed by atoms with Crippen LogP contribution < -0.4 is 124 Å². The van der Waals surface area contributed by atoms with Crippen molar-refractivity contribution in [2.45, 2.75) is 101 Å². The van der Waals surface area contributed by atoms with Crippen LogP contribution in [0.2, 0.25) is 0 Å². The fourth-order valence-corrected chi connectivity index (χ4v) is 6.54. The van der Waals surface area contributed by atoms with Gasteiger partial charge in [0.2, 0.25) is 0 Å². The van der Waals surface area contributed by atoms with Crippen LogP contribution in [0, 0.1) is 0 Å². The average molecular weight is 940 g/mol. The van der Waals surface area contributed by atoms with Crippen molar-refractivity contribution in [3.8, 4) is 0 Å². The molecule has 59 heavy (non-hydrogen) atoms. The number of nitrogens with one attached hydrogen (secondary N) is 3. The summed E-state index contributed by atoms with van der Waals surface area (Å²) in [4.78, 5) is 87.9. The summed E-state index contributed by atoms with van der Waals surface area (Å²) >= 11 is 3.36. The van der Waals surface area contributed by atoms with Crippen molar-refractivity contribution < 1.29 is 157 Å². The number of rotatable bonds is 4. The number of urea groups is 2. The van der Waals surface area contributed by atoms with Crippen molar-refractivity contribution in [2.75, 3.05) is 26.2 Å². The number of amides is 8. The summed E-state index contributed by atoms with van der Waals surface area (Å²) in [7, 11) is 0. The van der Waals surface area contributed by atoms with Gasteiger partial charge in [0, 0.05) is 31.5 Å². The molecule has 3 N–H and O–H groups in total. The van der Waals surface area contributed by atoms with Crippen molar-refractivity contribution in [2.24, 2.45) is 0 Å². The van der Waals surface area contributed by atoms with Crippen LogP contribution in [0.1, 0.15) is 79.8 Å². The summed E-state index contributed by atoms with van der Waals surface area (Å²) in [6.07, 6.45) is 0.829. The van der Waals surface area contributed by atoms with Crippen molar-refractivity contribution >= 4 is 58.5 Å². The summed E-state index contributed by atoms with van der Waals surface area (Å²) in [5.41, 5.74) is -0.631. The van der Waals surface area contributed by atoms with E-state index in [0.717, 1.165) is 10.9 Å². The van der Waals surface area contributed by atoms with Gasteiger partial charge in [-0.1, -0.05) is 76.6 Å². The Morgan fingerprint density at radius 2 is 1.15 bits per heavy atom. The van der Waals surface area contributed by atoms with E-state index in [1.54, 1.807) is 30.6 Å². The van der Waals surface area contributed by atoms with E-state index in [1.807, 2.05) is 69.3 Å². The number of hydrogen-bond acceptors (Lipinski definition) is 11. The van der Waals surface area contributed by atoms with Crippen LogP contribution in [0.5, 0.6) is 0 Å². The van der Waals surface area contributed by atoms with Gasteiger partial charge in [-0.3, -0.25) is 24.6 Å². The molecule has 17 nitrogen and oxygen atoms in total. The van der Waals surface area contributed by atoms with Crippen LogP contribution in [0.4, 0.5) is 19.2 Å². The van der Waals surface area contributed by atoms with Crippen LogP contribution >= 0.6 is 15.9 Å². The predicted molar refractivity (Wildman–Crippen MR) is 209 cm³/mol. The van der Waals surface area contributed by atoms with Crippen LogP contribution in [0.3, 0.4) is 0 Å². The van der Waals surface area contributed by atoms with Gasteiger partial charge in [0.15, 0.2) is 0 Å². The van der Waals surface area contributed by atoms with E-state index in [2.05, 4.69) is 48.9 Å². The van der Waals surface area contributed by atoms with Crippen LogP contribution in [-0.2, 0) is 40.6 Å². The molecule has 0 aliphatic carbocycles. The summed E-state index contributed by atoms with van der Waals surface area (Å²) in [6, 6.07) is 18.9. The molecule has 2 aromatic carbocycles. The molecular weight excluding hydrogens is 887 g/mol. The molecule has 0 aromatic heterocycles. The number of carbonyl (C=O) groups is 7. The van der Waals surface area contributed by atoms with E-state index in [4.69, 9.17) is 19.5 Å². The van der Waals surface area contributed by atoms with Crippen LogP contribution in [0.25, 0.3) is 0 Å². The normalized spacial score (nSPS) is 17.4. The van der Waals surface area contributed by atoms with E-state index in [0.29, 0.717) is 51.9 Å². The Balaban J connectivity index is 0.000000896. The Labute approximate surface area is 440 Å². The molecule has 4 aliphatic heterocycles. The third-order valence-corrected chi connectivity index (χ3v) is 9.67. The number of piperidine rings is 2. The number of alkyl halides is 1. The Morgan fingerprint density at radius 3 is 1.49 bits per heavy atom. The van der Waals surface area contributed by atoms with Crippen LogP contribution in [-0.4, -0.2) is 106 Å². The Morgan fingerprint density at radius 1 is 0.746 bits per heavy atom. The topological polar surface area (TPSA) is 216 Å². The molecule has 0 bridgehead atoms. The number of carbonyl (C=O) groups excluding carboxylic acids is 7. The monoisotopic (exact) mass is 938 g/mol. The third-order valence-electron chi connectivity index (χ3n) is 9.02. The van der Waals surface area contributed by atoms with Gasteiger partial charge in [-0.15, -0.1) is 0 Å². The molecule has 8 amide bonds. The second kappa shape index (κ2) is 25.2. The summed E-state index contributed by atoms with van der Waals surface area (Å²) < 4.78 is 10.7. The van der Waals surface area contributed by atoms with Gasteiger partial charge in [-0.05, 0) is 78.4 Å². The van der Waals surface area contributed by atoms with Gasteiger partial charge in [-0.25, -0.2) is 19.2 Å². The average Bonchev–Trinajstić information content (AvgIpc) is 3.56. The first-order valence-electron chi connectivity index (χ1n) is 18.4. The number of ether oxygens (including phenoxy) is 2. The minimum absolute atomic E-state index is 0. The standard InChI is InChI=1S/C19H25N3O4.C12H19N3O4.C7H7Br.CH2O3.2K.H/c1-18(2,3)26-17(25)21-11-9-19(10-12-21)15(23)22(16(24)20-19)13-14-7-5-4-6-8-14;1-11(2,3)19-10(18)15-6-4-12(5-7-15)8(16)13-9(17)14-12;8-6-7-4-2-1-3-5-7;2-1-4-3;;;/h4-8H,9-13H2,1-3H3,(H,20,24);4-7H2,1-3H3,(H2,13,14,16,17);1-5H,6H2;1,3H;;;/q;;;;2*+1;-1/p-1. The van der Waals surface area contributed by atoms with Gasteiger partial charge >= 0.3 is 127 Å². The minimum atomic E-state index is -0.912. The molecule has 2 aromatic rings. The Hall–Kier alpha value is -1.96. The van der Waals surface area contributed by atoms with Crippen molar-refractivity contribution in [1.29, 1.82) is 0 Å². The molecule has 314 valence electrons. The zero-order chi connectivity index (χ0) is 42.4. The molecule has 0 atom stereocenters. The second-order valence-corrected chi connectivity index (χ2v) is 16.2. The first kappa shape index (κ1) is 55.1. The van der Waals surface area contributed by atoms with Crippen LogP contribution in [0.15, 0.2) is 60.7 Å². The molecule has 0 unspecified atom stereocenters. The van der Waals surface area contributed by atoms with Gasteiger partial charge in [0.05, 0.1) is 6.54 Å². The molecule has 6 rings (SSSR count). The summed E-state index contributed by atoms with van der Waals surface area (Å²) in [6.45, 7) is 12.5. The van der Waals surface area contributed by atoms with Gasteiger partial charge in [0.25, 0.3) is 18.3 Å². The maximum atomic E-state index is 12.9. The van der Waals surface area contributed by atoms with Crippen molar-refractivity contribution in [1.82, 2.24) is 30.7 Å². The Bertz CT molecular complexity index is 1720. The van der Waals surface area contributed by atoms with E-state index >= 15 is 0 Å². The molecule has 4 aliphatic rings. The molecule has 4 saturated heterocycles. The van der Waals surface area contributed by atoms with Crippen molar-refractivity contribution in [3.05, 3.63) is 71.8 Å². The van der Waals surface area contributed by atoms with Crippen molar-refractivity contribution in [3.63, 3.8) is 0 Å². The number of likely N-dealkylation sites (tertiary alicyclic amines) is 2. The Kier molecular flexibility index (Phi) is 23.5. The maximum absolute atomic E-state index is 12.9. The SMILES string of the molecule is BrCc1ccccc1.CC(C)(C)OC(=O)N1CCC2(CC1)NC(=O)N(Cc1ccccc1)C2=O.CC(C)(C)OC(=O)N1CCC2(CC1)NC(=O)NC2=O.O=CO[O-].[H-].[K+].[K+]. The van der Waals surface area contributed by atoms with Gasteiger partial charge in [-0.2, -0.15) is 0 Å². The number of benzene rings is 2. The largest absolute Gasteiger partial charge is 1.00 e. The maximum Gasteiger partial charge on any atom is 1.00 e. The molecule has 4 heterocycles. The summed E-state index contributed by atoms with van der Waals surface area (Å²) in [5, 5.41) is 17.1. The predicted octanol–water partition coefficient (Wildman–Crippen LogP) is -1.76.